The van der Waals surface area contributed by atoms with Crippen LogP contribution in [0.1, 0.15) is 46.4 Å². The van der Waals surface area contributed by atoms with Crippen molar-refractivity contribution in [1.82, 2.24) is 14.5 Å². The molecule has 0 saturated heterocycles. The molecule has 2 unspecified atom stereocenters. The fourth-order valence-electron chi connectivity index (χ4n) is 4.35. The first kappa shape index (κ1) is 22.8. The number of nitrogens with zero attached hydrogens (tertiary/aromatic N) is 3. The summed E-state index contributed by atoms with van der Waals surface area (Å²) in [6.07, 6.45) is 1.86. The summed E-state index contributed by atoms with van der Waals surface area (Å²) in [6.45, 7) is 9.06. The van der Waals surface area contributed by atoms with Gasteiger partial charge < -0.3 is 14.2 Å². The van der Waals surface area contributed by atoms with Crippen LogP contribution in [0.4, 0.5) is 0 Å². The van der Waals surface area contributed by atoms with Gasteiger partial charge in [-0.2, -0.15) is 0 Å². The van der Waals surface area contributed by atoms with E-state index in [2.05, 4.69) is 45.9 Å². The molecule has 3 aromatic carbocycles. The summed E-state index contributed by atoms with van der Waals surface area (Å²) in [5.74, 6) is 1.67. The molecule has 0 aliphatic carbocycles. The number of fused-ring (bicyclic) bond motifs is 2. The molecule has 5 heteroatoms. The highest BCUT2D eigenvalue weighted by atomic mass is 16.5. The zero-order chi connectivity index (χ0) is 23.4. The average molecular weight is 444 g/mol. The number of benzene rings is 3. The SMILES string of the molecule is CCC(C)N(C(=O)Cn1c(COc2ccc3ccccc3c2)nc2ccccc21)C(C)CC. The Morgan fingerprint density at radius 2 is 1.61 bits per heavy atom. The molecule has 0 radical (unpaired) electrons. The van der Waals surface area contributed by atoms with Gasteiger partial charge in [0.1, 0.15) is 24.7 Å². The zero-order valence-electron chi connectivity index (χ0n) is 20.0. The maximum atomic E-state index is 13.5. The number of aromatic nitrogens is 2. The molecule has 2 atom stereocenters. The van der Waals surface area contributed by atoms with E-state index in [1.165, 1.54) is 5.39 Å². The maximum absolute atomic E-state index is 13.5. The van der Waals surface area contributed by atoms with E-state index in [-0.39, 0.29) is 24.5 Å². The molecule has 0 saturated carbocycles. The second kappa shape index (κ2) is 10.1. The molecule has 0 aliphatic rings. The van der Waals surface area contributed by atoms with Crippen LogP contribution in [-0.4, -0.2) is 32.4 Å². The van der Waals surface area contributed by atoms with Gasteiger partial charge in [-0.25, -0.2) is 4.98 Å². The van der Waals surface area contributed by atoms with Crippen molar-refractivity contribution in [2.45, 2.75) is 65.8 Å². The molecule has 4 aromatic rings. The Morgan fingerprint density at radius 1 is 0.939 bits per heavy atom. The van der Waals surface area contributed by atoms with Gasteiger partial charge in [0.05, 0.1) is 11.0 Å². The van der Waals surface area contributed by atoms with Crippen molar-refractivity contribution in [1.29, 1.82) is 0 Å². The number of ether oxygens (including phenoxy) is 1. The van der Waals surface area contributed by atoms with E-state index >= 15 is 0 Å². The topological polar surface area (TPSA) is 47.4 Å². The van der Waals surface area contributed by atoms with Crippen molar-refractivity contribution >= 4 is 27.7 Å². The minimum atomic E-state index is 0.119. The van der Waals surface area contributed by atoms with Crippen LogP contribution in [0.15, 0.2) is 66.7 Å². The van der Waals surface area contributed by atoms with Gasteiger partial charge in [0, 0.05) is 12.1 Å². The Bertz CT molecular complexity index is 1240. The third-order valence-electron chi connectivity index (χ3n) is 6.54. The molecule has 0 fully saturated rings. The third-order valence-corrected chi connectivity index (χ3v) is 6.54. The Morgan fingerprint density at radius 3 is 2.33 bits per heavy atom. The minimum absolute atomic E-state index is 0.119. The van der Waals surface area contributed by atoms with Gasteiger partial charge in [0.15, 0.2) is 0 Å². The second-order valence-corrected chi connectivity index (χ2v) is 8.72. The molecule has 1 heterocycles. The summed E-state index contributed by atoms with van der Waals surface area (Å²) in [6, 6.07) is 22.7. The highest BCUT2D eigenvalue weighted by Gasteiger charge is 2.25. The van der Waals surface area contributed by atoms with Crippen LogP contribution < -0.4 is 4.74 Å². The van der Waals surface area contributed by atoms with Crippen molar-refractivity contribution < 1.29 is 9.53 Å². The first-order valence-corrected chi connectivity index (χ1v) is 11.9. The van der Waals surface area contributed by atoms with Crippen LogP contribution in [0.3, 0.4) is 0 Å². The van der Waals surface area contributed by atoms with Crippen molar-refractivity contribution in [2.24, 2.45) is 0 Å². The summed E-state index contributed by atoms with van der Waals surface area (Å²) in [5, 5.41) is 2.31. The molecule has 33 heavy (non-hydrogen) atoms. The molecule has 1 aromatic heterocycles. The lowest BCUT2D eigenvalue weighted by Crippen LogP contribution is -2.45. The molecule has 5 nitrogen and oxygen atoms in total. The van der Waals surface area contributed by atoms with E-state index in [1.54, 1.807) is 0 Å². The number of hydrogen-bond donors (Lipinski definition) is 0. The Balaban J connectivity index is 1.61. The standard InChI is InChI=1S/C28H33N3O2/c1-5-20(3)31(21(4)6-2)28(32)18-30-26-14-10-9-13-25(26)29-27(30)19-33-24-16-15-22-11-7-8-12-23(22)17-24/h7-17,20-21H,5-6,18-19H2,1-4H3. The van der Waals surface area contributed by atoms with E-state index < -0.39 is 0 Å². The molecule has 4 rings (SSSR count). The molecule has 0 N–H and O–H groups in total. The largest absolute Gasteiger partial charge is 0.486 e. The third kappa shape index (κ3) is 4.87. The number of carbonyl (C=O) groups is 1. The Kier molecular flexibility index (Phi) is 6.97. The molecular weight excluding hydrogens is 410 g/mol. The number of hydrogen-bond acceptors (Lipinski definition) is 3. The van der Waals surface area contributed by atoms with Crippen LogP contribution in [0.5, 0.6) is 5.75 Å². The van der Waals surface area contributed by atoms with Crippen LogP contribution in [0.2, 0.25) is 0 Å². The fraction of sp³-hybridized carbons (Fsp3) is 0.357. The van der Waals surface area contributed by atoms with E-state index in [0.29, 0.717) is 6.61 Å². The maximum Gasteiger partial charge on any atom is 0.243 e. The summed E-state index contributed by atoms with van der Waals surface area (Å²) < 4.78 is 8.15. The van der Waals surface area contributed by atoms with Crippen molar-refractivity contribution in [3.05, 3.63) is 72.6 Å². The first-order valence-electron chi connectivity index (χ1n) is 11.9. The van der Waals surface area contributed by atoms with Gasteiger partial charge in [-0.3, -0.25) is 4.79 Å². The van der Waals surface area contributed by atoms with E-state index in [4.69, 9.17) is 9.72 Å². The Hall–Kier alpha value is -3.34. The lowest BCUT2D eigenvalue weighted by Gasteiger charge is -2.34. The Labute approximate surface area is 196 Å². The van der Waals surface area contributed by atoms with Gasteiger partial charge >= 0.3 is 0 Å². The van der Waals surface area contributed by atoms with Crippen LogP contribution in [-0.2, 0) is 17.9 Å². The number of carbonyl (C=O) groups excluding carboxylic acids is 1. The lowest BCUT2D eigenvalue weighted by atomic mass is 10.1. The van der Waals surface area contributed by atoms with Crippen molar-refractivity contribution in [3.8, 4) is 5.75 Å². The quantitative estimate of drug-likeness (QED) is 0.310. The van der Waals surface area contributed by atoms with Gasteiger partial charge in [-0.05, 0) is 61.7 Å². The van der Waals surface area contributed by atoms with E-state index in [9.17, 15) is 4.79 Å². The molecule has 0 spiro atoms. The van der Waals surface area contributed by atoms with Crippen molar-refractivity contribution in [2.75, 3.05) is 0 Å². The normalized spacial score (nSPS) is 13.2. The zero-order valence-corrected chi connectivity index (χ0v) is 20.0. The minimum Gasteiger partial charge on any atom is -0.486 e. The number of para-hydroxylation sites is 2. The first-order chi connectivity index (χ1) is 16.0. The number of imidazole rings is 1. The van der Waals surface area contributed by atoms with Crippen LogP contribution >= 0.6 is 0 Å². The van der Waals surface area contributed by atoms with Gasteiger partial charge in [-0.1, -0.05) is 56.3 Å². The summed E-state index contributed by atoms with van der Waals surface area (Å²) in [5.41, 5.74) is 1.83. The monoisotopic (exact) mass is 443 g/mol. The highest BCUT2D eigenvalue weighted by molar-refractivity contribution is 5.84. The summed E-state index contributed by atoms with van der Waals surface area (Å²) in [7, 11) is 0. The van der Waals surface area contributed by atoms with E-state index in [1.807, 2.05) is 58.0 Å². The van der Waals surface area contributed by atoms with E-state index in [0.717, 1.165) is 40.8 Å². The fourth-order valence-corrected chi connectivity index (χ4v) is 4.35. The highest BCUT2D eigenvalue weighted by Crippen LogP contribution is 2.23. The molecule has 172 valence electrons. The lowest BCUT2D eigenvalue weighted by molar-refractivity contribution is -0.136. The molecule has 0 aliphatic heterocycles. The predicted molar refractivity (Wildman–Crippen MR) is 134 cm³/mol. The van der Waals surface area contributed by atoms with Gasteiger partial charge in [0.25, 0.3) is 0 Å². The van der Waals surface area contributed by atoms with Crippen molar-refractivity contribution in [3.63, 3.8) is 0 Å². The summed E-state index contributed by atoms with van der Waals surface area (Å²) in [4.78, 5) is 20.3. The van der Waals surface area contributed by atoms with Gasteiger partial charge in [0.2, 0.25) is 5.91 Å². The summed E-state index contributed by atoms with van der Waals surface area (Å²) >= 11 is 0. The number of amides is 1. The van der Waals surface area contributed by atoms with Gasteiger partial charge in [-0.15, -0.1) is 0 Å². The molecule has 0 bridgehead atoms. The average Bonchev–Trinajstić information content (AvgIpc) is 3.19. The number of rotatable bonds is 9. The molecule has 1 amide bonds. The predicted octanol–water partition coefficient (Wildman–Crippen LogP) is 6.19. The van der Waals surface area contributed by atoms with Crippen LogP contribution in [0.25, 0.3) is 21.8 Å². The molecular formula is C28H33N3O2. The smallest absolute Gasteiger partial charge is 0.243 e. The second-order valence-electron chi connectivity index (χ2n) is 8.72. The van der Waals surface area contributed by atoms with Crippen LogP contribution in [0, 0.1) is 0 Å².